The minimum atomic E-state index is -0.312. The van der Waals surface area contributed by atoms with Crippen LogP contribution in [-0.4, -0.2) is 30.7 Å². The quantitative estimate of drug-likeness (QED) is 0.835. The molecule has 0 bridgehead atoms. The Labute approximate surface area is 113 Å². The van der Waals surface area contributed by atoms with Gasteiger partial charge in [-0.05, 0) is 44.4 Å². The third-order valence-corrected chi connectivity index (χ3v) is 4.14. The van der Waals surface area contributed by atoms with Crippen molar-refractivity contribution in [1.82, 2.24) is 4.90 Å². The number of carbonyl (C=O) groups is 1. The van der Waals surface area contributed by atoms with Crippen LogP contribution in [0, 0.1) is 0 Å². The number of likely N-dealkylation sites (N-methyl/N-ethyl adjacent to an activating group) is 1. The van der Waals surface area contributed by atoms with Gasteiger partial charge in [-0.1, -0.05) is 6.07 Å². The van der Waals surface area contributed by atoms with Crippen molar-refractivity contribution in [2.24, 2.45) is 0 Å². The van der Waals surface area contributed by atoms with Crippen LogP contribution in [0.25, 0.3) is 0 Å². The molecule has 0 N–H and O–H groups in total. The van der Waals surface area contributed by atoms with E-state index in [1.165, 1.54) is 0 Å². The molecule has 0 aromatic heterocycles. The zero-order chi connectivity index (χ0) is 13.5. The van der Waals surface area contributed by atoms with E-state index in [1.807, 2.05) is 36.9 Å². The van der Waals surface area contributed by atoms with Crippen molar-refractivity contribution in [3.05, 3.63) is 23.8 Å². The lowest BCUT2D eigenvalue weighted by atomic mass is 9.94. The topological polar surface area (TPSA) is 38.8 Å². The Morgan fingerprint density at radius 3 is 2.53 bits per heavy atom. The second kappa shape index (κ2) is 4.44. The molecule has 102 valence electrons. The molecular formula is C15H19NO3. The SMILES string of the molecule is CCN(CC)C(=O)C1(c2ccc3c(c2)OCO3)CC1. The van der Waals surface area contributed by atoms with E-state index in [9.17, 15) is 4.79 Å². The Morgan fingerprint density at radius 1 is 1.21 bits per heavy atom. The van der Waals surface area contributed by atoms with E-state index in [2.05, 4.69) is 0 Å². The van der Waals surface area contributed by atoms with E-state index in [0.717, 1.165) is 43.0 Å². The molecular weight excluding hydrogens is 242 g/mol. The average Bonchev–Trinajstić information content (AvgIpc) is 3.11. The van der Waals surface area contributed by atoms with Crippen molar-refractivity contribution in [3.8, 4) is 11.5 Å². The Balaban J connectivity index is 1.91. The number of carbonyl (C=O) groups excluding carboxylic acids is 1. The summed E-state index contributed by atoms with van der Waals surface area (Å²) in [6.07, 6.45) is 1.87. The van der Waals surface area contributed by atoms with Crippen LogP contribution in [0.5, 0.6) is 11.5 Å². The van der Waals surface area contributed by atoms with Gasteiger partial charge in [-0.15, -0.1) is 0 Å². The van der Waals surface area contributed by atoms with Gasteiger partial charge in [-0.2, -0.15) is 0 Å². The number of amides is 1. The monoisotopic (exact) mass is 261 g/mol. The Hall–Kier alpha value is -1.71. The van der Waals surface area contributed by atoms with Crippen LogP contribution in [0.1, 0.15) is 32.3 Å². The molecule has 0 saturated heterocycles. The molecule has 1 aliphatic carbocycles. The van der Waals surface area contributed by atoms with Crippen molar-refractivity contribution in [1.29, 1.82) is 0 Å². The smallest absolute Gasteiger partial charge is 0.233 e. The molecule has 1 aliphatic heterocycles. The molecule has 4 nitrogen and oxygen atoms in total. The average molecular weight is 261 g/mol. The zero-order valence-corrected chi connectivity index (χ0v) is 11.4. The fraction of sp³-hybridized carbons (Fsp3) is 0.533. The molecule has 1 amide bonds. The van der Waals surface area contributed by atoms with Gasteiger partial charge in [0.1, 0.15) is 0 Å². The molecule has 0 unspecified atom stereocenters. The van der Waals surface area contributed by atoms with Crippen LogP contribution in [0.15, 0.2) is 18.2 Å². The maximum absolute atomic E-state index is 12.6. The first-order valence-electron chi connectivity index (χ1n) is 6.91. The Morgan fingerprint density at radius 2 is 1.89 bits per heavy atom. The van der Waals surface area contributed by atoms with Crippen molar-refractivity contribution >= 4 is 5.91 Å². The molecule has 1 aromatic carbocycles. The van der Waals surface area contributed by atoms with Crippen molar-refractivity contribution < 1.29 is 14.3 Å². The lowest BCUT2D eigenvalue weighted by molar-refractivity contribution is -0.133. The van der Waals surface area contributed by atoms with E-state index in [4.69, 9.17) is 9.47 Å². The van der Waals surface area contributed by atoms with Crippen LogP contribution in [0.4, 0.5) is 0 Å². The zero-order valence-electron chi connectivity index (χ0n) is 11.4. The van der Waals surface area contributed by atoms with Gasteiger partial charge in [0.2, 0.25) is 12.7 Å². The molecule has 1 fully saturated rings. The fourth-order valence-corrected chi connectivity index (χ4v) is 2.76. The van der Waals surface area contributed by atoms with Gasteiger partial charge in [0.25, 0.3) is 0 Å². The van der Waals surface area contributed by atoms with E-state index < -0.39 is 0 Å². The first kappa shape index (κ1) is 12.3. The number of fused-ring (bicyclic) bond motifs is 1. The van der Waals surface area contributed by atoms with Crippen LogP contribution >= 0.6 is 0 Å². The third-order valence-electron chi connectivity index (χ3n) is 4.14. The van der Waals surface area contributed by atoms with Crippen molar-refractivity contribution in [3.63, 3.8) is 0 Å². The highest BCUT2D eigenvalue weighted by Crippen LogP contribution is 2.51. The van der Waals surface area contributed by atoms with E-state index in [1.54, 1.807) is 0 Å². The second-order valence-electron chi connectivity index (χ2n) is 5.13. The van der Waals surface area contributed by atoms with Gasteiger partial charge >= 0.3 is 0 Å². The van der Waals surface area contributed by atoms with Gasteiger partial charge in [-0.25, -0.2) is 0 Å². The molecule has 3 rings (SSSR count). The highest BCUT2D eigenvalue weighted by Gasteiger charge is 2.52. The fourth-order valence-electron chi connectivity index (χ4n) is 2.76. The van der Waals surface area contributed by atoms with E-state index >= 15 is 0 Å². The van der Waals surface area contributed by atoms with E-state index in [-0.39, 0.29) is 18.1 Å². The Kier molecular flexibility index (Phi) is 2.88. The molecule has 1 aromatic rings. The largest absolute Gasteiger partial charge is 0.454 e. The molecule has 2 aliphatic rings. The first-order chi connectivity index (χ1) is 9.21. The summed E-state index contributed by atoms with van der Waals surface area (Å²) in [5.41, 5.74) is 0.751. The molecule has 0 spiro atoms. The van der Waals surface area contributed by atoms with Gasteiger partial charge < -0.3 is 14.4 Å². The molecule has 0 radical (unpaired) electrons. The lowest BCUT2D eigenvalue weighted by Crippen LogP contribution is -2.39. The molecule has 1 saturated carbocycles. The summed E-state index contributed by atoms with van der Waals surface area (Å²) in [5, 5.41) is 0. The second-order valence-corrected chi connectivity index (χ2v) is 5.13. The number of benzene rings is 1. The van der Waals surface area contributed by atoms with Crippen LogP contribution < -0.4 is 9.47 Å². The lowest BCUT2D eigenvalue weighted by Gasteiger charge is -2.25. The van der Waals surface area contributed by atoms with Gasteiger partial charge in [-0.3, -0.25) is 4.79 Å². The summed E-state index contributed by atoms with van der Waals surface area (Å²) in [5.74, 6) is 1.78. The number of hydrogen-bond donors (Lipinski definition) is 0. The first-order valence-corrected chi connectivity index (χ1v) is 6.91. The van der Waals surface area contributed by atoms with Gasteiger partial charge in [0.05, 0.1) is 5.41 Å². The number of ether oxygens (including phenoxy) is 2. The predicted molar refractivity (Wildman–Crippen MR) is 71.4 cm³/mol. The normalized spacial score (nSPS) is 18.2. The standard InChI is InChI=1S/C15H19NO3/c1-3-16(4-2)14(17)15(7-8-15)11-5-6-12-13(9-11)19-10-18-12/h5-6,9H,3-4,7-8,10H2,1-2H3. The maximum atomic E-state index is 12.6. The van der Waals surface area contributed by atoms with Crippen molar-refractivity contribution in [2.45, 2.75) is 32.1 Å². The summed E-state index contributed by atoms with van der Waals surface area (Å²) >= 11 is 0. The number of nitrogens with zero attached hydrogens (tertiary/aromatic N) is 1. The van der Waals surface area contributed by atoms with Crippen LogP contribution in [0.3, 0.4) is 0 Å². The predicted octanol–water partition coefficient (Wildman–Crippen LogP) is 2.32. The Bertz CT molecular complexity index is 504. The molecule has 19 heavy (non-hydrogen) atoms. The summed E-state index contributed by atoms with van der Waals surface area (Å²) in [6, 6.07) is 5.88. The number of rotatable bonds is 4. The van der Waals surface area contributed by atoms with Crippen molar-refractivity contribution in [2.75, 3.05) is 19.9 Å². The minimum Gasteiger partial charge on any atom is -0.454 e. The highest BCUT2D eigenvalue weighted by molar-refractivity contribution is 5.91. The molecule has 1 heterocycles. The summed E-state index contributed by atoms with van der Waals surface area (Å²) in [7, 11) is 0. The summed E-state index contributed by atoms with van der Waals surface area (Å²) in [4.78, 5) is 14.6. The van der Waals surface area contributed by atoms with Crippen LogP contribution in [-0.2, 0) is 10.2 Å². The highest BCUT2D eigenvalue weighted by atomic mass is 16.7. The van der Waals surface area contributed by atoms with Crippen LogP contribution in [0.2, 0.25) is 0 Å². The van der Waals surface area contributed by atoms with Gasteiger partial charge in [0, 0.05) is 13.1 Å². The maximum Gasteiger partial charge on any atom is 0.233 e. The summed E-state index contributed by atoms with van der Waals surface area (Å²) in [6.45, 7) is 5.85. The minimum absolute atomic E-state index is 0.247. The third kappa shape index (κ3) is 1.86. The molecule has 0 atom stereocenters. The number of hydrogen-bond acceptors (Lipinski definition) is 3. The van der Waals surface area contributed by atoms with Gasteiger partial charge in [0.15, 0.2) is 11.5 Å². The van der Waals surface area contributed by atoms with E-state index in [0.29, 0.717) is 0 Å². The molecule has 4 heteroatoms. The summed E-state index contributed by atoms with van der Waals surface area (Å²) < 4.78 is 10.7.